The van der Waals surface area contributed by atoms with Gasteiger partial charge in [0.25, 0.3) is 11.8 Å². The lowest BCUT2D eigenvalue weighted by Gasteiger charge is -2.29. The van der Waals surface area contributed by atoms with E-state index in [1.807, 2.05) is 6.92 Å². The van der Waals surface area contributed by atoms with E-state index in [-0.39, 0.29) is 42.1 Å². The molecule has 166 valence electrons. The van der Waals surface area contributed by atoms with Crippen LogP contribution in [0.1, 0.15) is 64.1 Å². The van der Waals surface area contributed by atoms with Crippen molar-refractivity contribution in [3.63, 3.8) is 0 Å². The predicted octanol–water partition coefficient (Wildman–Crippen LogP) is 3.12. The Hall–Kier alpha value is -3.26. The summed E-state index contributed by atoms with van der Waals surface area (Å²) in [5.41, 5.74) is 0.862. The first kappa shape index (κ1) is 22.0. The standard InChI is InChI=1S/C23H21ClFN3O4/c1-2-17(12-3-5-13(24)6-4-12)26-21(30)15-8-7-14-16(20(15)25)11-28(23(14)32)18-9-10-19(29)27-22(18)31/h3-8,17-18H,2,9-11H2,1H3,(H,26,30)(H,27,29,31)/t17-,18?/m0/s1. The molecule has 32 heavy (non-hydrogen) atoms. The number of carbonyl (C=O) groups excluding carboxylic acids is 4. The Bertz CT molecular complexity index is 1120. The van der Waals surface area contributed by atoms with E-state index < -0.39 is 35.5 Å². The highest BCUT2D eigenvalue weighted by Gasteiger charge is 2.40. The SMILES string of the molecule is CC[C@H](NC(=O)c1ccc2c(c1F)CN(C1CCC(=O)NC1=O)C2=O)c1ccc(Cl)cc1. The summed E-state index contributed by atoms with van der Waals surface area (Å²) in [5.74, 6) is -2.85. The van der Waals surface area contributed by atoms with Crippen molar-refractivity contribution in [1.29, 1.82) is 0 Å². The third kappa shape index (κ3) is 3.98. The van der Waals surface area contributed by atoms with Crippen molar-refractivity contribution < 1.29 is 23.6 Å². The maximum atomic E-state index is 15.3. The third-order valence-corrected chi connectivity index (χ3v) is 6.13. The highest BCUT2D eigenvalue weighted by molar-refractivity contribution is 6.30. The lowest BCUT2D eigenvalue weighted by atomic mass is 10.0. The molecule has 7 nitrogen and oxygen atoms in total. The second-order valence-electron chi connectivity index (χ2n) is 7.84. The predicted molar refractivity (Wildman–Crippen MR) is 114 cm³/mol. The minimum atomic E-state index is -0.848. The molecule has 0 radical (unpaired) electrons. The van der Waals surface area contributed by atoms with Crippen LogP contribution in [0.3, 0.4) is 0 Å². The molecule has 0 spiro atoms. The summed E-state index contributed by atoms with van der Waals surface area (Å²) in [6, 6.07) is 8.54. The average Bonchev–Trinajstić information content (AvgIpc) is 3.10. The quantitative estimate of drug-likeness (QED) is 0.674. The highest BCUT2D eigenvalue weighted by Crippen LogP contribution is 2.31. The number of carbonyl (C=O) groups is 4. The van der Waals surface area contributed by atoms with Crippen LogP contribution in [0.15, 0.2) is 36.4 Å². The molecule has 0 aromatic heterocycles. The number of imide groups is 1. The first-order chi connectivity index (χ1) is 15.3. The van der Waals surface area contributed by atoms with Gasteiger partial charge in [0, 0.05) is 22.6 Å². The van der Waals surface area contributed by atoms with Crippen LogP contribution in [0, 0.1) is 5.82 Å². The number of rotatable bonds is 5. The lowest BCUT2D eigenvalue weighted by molar-refractivity contribution is -0.136. The van der Waals surface area contributed by atoms with Crippen LogP contribution in [0.5, 0.6) is 0 Å². The Morgan fingerprint density at radius 2 is 1.94 bits per heavy atom. The molecule has 2 aliphatic heterocycles. The highest BCUT2D eigenvalue weighted by atomic mass is 35.5. The molecule has 4 amide bonds. The van der Waals surface area contributed by atoms with Crippen molar-refractivity contribution >= 4 is 35.2 Å². The van der Waals surface area contributed by atoms with Gasteiger partial charge in [-0.15, -0.1) is 0 Å². The van der Waals surface area contributed by atoms with Crippen LogP contribution in [0.4, 0.5) is 4.39 Å². The Morgan fingerprint density at radius 1 is 1.22 bits per heavy atom. The molecular formula is C23H21ClFN3O4. The van der Waals surface area contributed by atoms with E-state index in [4.69, 9.17) is 11.6 Å². The number of fused-ring (bicyclic) bond motifs is 1. The molecule has 1 saturated heterocycles. The largest absolute Gasteiger partial charge is 0.345 e. The summed E-state index contributed by atoms with van der Waals surface area (Å²) in [6.07, 6.45) is 0.871. The molecule has 9 heteroatoms. The molecule has 2 aliphatic rings. The summed E-state index contributed by atoms with van der Waals surface area (Å²) < 4.78 is 15.3. The Balaban J connectivity index is 1.55. The van der Waals surface area contributed by atoms with Gasteiger partial charge in [0.1, 0.15) is 11.9 Å². The van der Waals surface area contributed by atoms with E-state index in [2.05, 4.69) is 10.6 Å². The Morgan fingerprint density at radius 3 is 2.59 bits per heavy atom. The first-order valence-electron chi connectivity index (χ1n) is 10.3. The average molecular weight is 458 g/mol. The number of amides is 4. The van der Waals surface area contributed by atoms with Crippen LogP contribution in [0.2, 0.25) is 5.02 Å². The van der Waals surface area contributed by atoms with Crippen LogP contribution in [-0.2, 0) is 16.1 Å². The van der Waals surface area contributed by atoms with Crippen molar-refractivity contribution in [1.82, 2.24) is 15.5 Å². The van der Waals surface area contributed by atoms with Gasteiger partial charge >= 0.3 is 0 Å². The molecule has 2 heterocycles. The van der Waals surface area contributed by atoms with E-state index in [1.54, 1.807) is 24.3 Å². The van der Waals surface area contributed by atoms with Gasteiger partial charge in [0.2, 0.25) is 11.8 Å². The van der Waals surface area contributed by atoms with E-state index in [0.29, 0.717) is 11.4 Å². The topological polar surface area (TPSA) is 95.6 Å². The number of hydrogen-bond donors (Lipinski definition) is 2. The van der Waals surface area contributed by atoms with E-state index >= 15 is 4.39 Å². The number of nitrogens with zero attached hydrogens (tertiary/aromatic N) is 1. The molecule has 0 saturated carbocycles. The van der Waals surface area contributed by atoms with Crippen LogP contribution < -0.4 is 10.6 Å². The summed E-state index contributed by atoms with van der Waals surface area (Å²) in [4.78, 5) is 50.4. The first-order valence-corrected chi connectivity index (χ1v) is 10.7. The molecule has 2 aromatic rings. The normalized spacial score (nSPS) is 18.9. The number of benzene rings is 2. The van der Waals surface area contributed by atoms with Gasteiger partial charge in [-0.25, -0.2) is 4.39 Å². The molecule has 2 N–H and O–H groups in total. The van der Waals surface area contributed by atoms with Crippen molar-refractivity contribution in [2.45, 2.75) is 44.8 Å². The summed E-state index contributed by atoms with van der Waals surface area (Å²) in [5, 5.41) is 5.61. The Labute approximate surface area is 188 Å². The second kappa shape index (κ2) is 8.70. The summed E-state index contributed by atoms with van der Waals surface area (Å²) in [6.45, 7) is 1.76. The number of halogens is 2. The fraction of sp³-hybridized carbons (Fsp3) is 0.304. The monoisotopic (exact) mass is 457 g/mol. The Kier molecular flexibility index (Phi) is 5.97. The summed E-state index contributed by atoms with van der Waals surface area (Å²) in [7, 11) is 0. The van der Waals surface area contributed by atoms with Crippen molar-refractivity contribution in [3.05, 3.63) is 69.5 Å². The van der Waals surface area contributed by atoms with Crippen molar-refractivity contribution in [2.24, 2.45) is 0 Å². The second-order valence-corrected chi connectivity index (χ2v) is 8.28. The molecule has 2 atom stereocenters. The van der Waals surface area contributed by atoms with Gasteiger partial charge in [-0.1, -0.05) is 30.7 Å². The van der Waals surface area contributed by atoms with Crippen molar-refractivity contribution in [2.75, 3.05) is 0 Å². The minimum Gasteiger partial charge on any atom is -0.345 e. The molecule has 0 aliphatic carbocycles. The van der Waals surface area contributed by atoms with E-state index in [1.165, 1.54) is 17.0 Å². The van der Waals surface area contributed by atoms with E-state index in [9.17, 15) is 19.2 Å². The molecule has 2 aromatic carbocycles. The van der Waals surface area contributed by atoms with Gasteiger partial charge in [-0.05, 0) is 42.7 Å². The minimum absolute atomic E-state index is 0.0758. The zero-order chi connectivity index (χ0) is 23.0. The van der Waals surface area contributed by atoms with Crippen LogP contribution >= 0.6 is 11.6 Å². The zero-order valence-corrected chi connectivity index (χ0v) is 18.0. The van der Waals surface area contributed by atoms with Gasteiger partial charge in [-0.2, -0.15) is 0 Å². The maximum Gasteiger partial charge on any atom is 0.255 e. The zero-order valence-electron chi connectivity index (χ0n) is 17.3. The number of nitrogens with one attached hydrogen (secondary N) is 2. The van der Waals surface area contributed by atoms with Crippen LogP contribution in [0.25, 0.3) is 0 Å². The van der Waals surface area contributed by atoms with E-state index in [0.717, 1.165) is 5.56 Å². The maximum absolute atomic E-state index is 15.3. The third-order valence-electron chi connectivity index (χ3n) is 5.88. The van der Waals surface area contributed by atoms with Gasteiger partial charge < -0.3 is 10.2 Å². The summed E-state index contributed by atoms with van der Waals surface area (Å²) >= 11 is 5.92. The van der Waals surface area contributed by atoms with Gasteiger partial charge in [0.15, 0.2) is 0 Å². The molecular weight excluding hydrogens is 437 g/mol. The van der Waals surface area contributed by atoms with Gasteiger partial charge in [0.05, 0.1) is 18.2 Å². The van der Waals surface area contributed by atoms with Gasteiger partial charge in [-0.3, -0.25) is 24.5 Å². The fourth-order valence-corrected chi connectivity index (χ4v) is 4.26. The molecule has 0 bridgehead atoms. The fourth-order valence-electron chi connectivity index (χ4n) is 4.13. The number of hydrogen-bond acceptors (Lipinski definition) is 4. The lowest BCUT2D eigenvalue weighted by Crippen LogP contribution is -2.52. The van der Waals surface area contributed by atoms with Crippen molar-refractivity contribution in [3.8, 4) is 0 Å². The van der Waals surface area contributed by atoms with Crippen LogP contribution in [-0.4, -0.2) is 34.6 Å². The molecule has 1 unspecified atom stereocenters. The molecule has 1 fully saturated rings. The number of piperidine rings is 1. The smallest absolute Gasteiger partial charge is 0.255 e. The molecule has 4 rings (SSSR count).